The van der Waals surface area contributed by atoms with Crippen LogP contribution in [0.5, 0.6) is 0 Å². The molecule has 0 radical (unpaired) electrons. The van der Waals surface area contributed by atoms with Crippen LogP contribution in [-0.4, -0.2) is 96.7 Å². The van der Waals surface area contributed by atoms with Crippen molar-refractivity contribution in [2.45, 2.75) is 311 Å². The Morgan fingerprint density at radius 2 is 0.593 bits per heavy atom. The summed E-state index contributed by atoms with van der Waals surface area (Å²) >= 11 is 0. The average molecular weight is 1200 g/mol. The summed E-state index contributed by atoms with van der Waals surface area (Å²) in [5, 5.41) is 10.5. The second kappa shape index (κ2) is 52.4. The SMILES string of the molecule is CCC(C)CCCCCCCCC(=O)OC[C@H](COP(=O)(O)OC[C@H](O)COP(=O)(O)OC[C@@H](COC(=O)CCCCCCCCCCCC(C)C)OC(=O)CCCCCCCCC(C)C)OC(=O)CCCCCCCCCC(C)C. The third-order valence-corrected chi connectivity index (χ3v) is 16.3. The molecule has 0 heterocycles. The van der Waals surface area contributed by atoms with Gasteiger partial charge in [-0.3, -0.25) is 37.3 Å². The fourth-order valence-electron chi connectivity index (χ4n) is 9.04. The van der Waals surface area contributed by atoms with Gasteiger partial charge in [-0.05, 0) is 49.4 Å². The minimum Gasteiger partial charge on any atom is -0.462 e. The van der Waals surface area contributed by atoms with E-state index in [-0.39, 0.29) is 25.7 Å². The highest BCUT2D eigenvalue weighted by Gasteiger charge is 2.30. The third kappa shape index (κ3) is 55.7. The second-order valence-corrected chi connectivity index (χ2v) is 27.0. The predicted molar refractivity (Wildman–Crippen MR) is 321 cm³/mol. The number of hydrogen-bond acceptors (Lipinski definition) is 15. The van der Waals surface area contributed by atoms with Crippen LogP contribution in [-0.2, 0) is 65.4 Å². The Morgan fingerprint density at radius 1 is 0.346 bits per heavy atom. The molecule has 480 valence electrons. The third-order valence-electron chi connectivity index (χ3n) is 14.4. The Morgan fingerprint density at radius 3 is 0.877 bits per heavy atom. The Kier molecular flexibility index (Phi) is 51.1. The molecule has 0 aliphatic rings. The van der Waals surface area contributed by atoms with Crippen LogP contribution in [0.2, 0.25) is 0 Å². The zero-order chi connectivity index (χ0) is 60.4. The maximum absolute atomic E-state index is 12.9. The van der Waals surface area contributed by atoms with Crippen molar-refractivity contribution in [1.82, 2.24) is 0 Å². The minimum absolute atomic E-state index is 0.101. The molecule has 3 N–H and O–H groups in total. The van der Waals surface area contributed by atoms with Crippen LogP contribution < -0.4 is 0 Å². The first-order valence-corrected chi connectivity index (χ1v) is 35.2. The number of phosphoric ester groups is 2. The van der Waals surface area contributed by atoms with Crippen LogP contribution in [0.1, 0.15) is 293 Å². The fraction of sp³-hybridized carbons (Fsp3) is 0.935. The van der Waals surface area contributed by atoms with Crippen molar-refractivity contribution in [2.75, 3.05) is 39.6 Å². The number of aliphatic hydroxyl groups is 1. The van der Waals surface area contributed by atoms with E-state index in [1.807, 2.05) is 0 Å². The van der Waals surface area contributed by atoms with Gasteiger partial charge in [0.05, 0.1) is 26.4 Å². The van der Waals surface area contributed by atoms with Crippen LogP contribution in [0.25, 0.3) is 0 Å². The van der Waals surface area contributed by atoms with E-state index in [1.165, 1.54) is 89.9 Å². The van der Waals surface area contributed by atoms with Crippen molar-refractivity contribution < 1.29 is 80.2 Å². The van der Waals surface area contributed by atoms with E-state index < -0.39 is 97.5 Å². The van der Waals surface area contributed by atoms with Gasteiger partial charge in [0.15, 0.2) is 12.2 Å². The average Bonchev–Trinajstić information content (AvgIpc) is 3.41. The van der Waals surface area contributed by atoms with Gasteiger partial charge in [0.1, 0.15) is 19.3 Å². The lowest BCUT2D eigenvalue weighted by Gasteiger charge is -2.21. The number of aliphatic hydroxyl groups excluding tert-OH is 1. The van der Waals surface area contributed by atoms with E-state index in [0.717, 1.165) is 108 Å². The summed E-state index contributed by atoms with van der Waals surface area (Å²) in [7, 11) is -9.88. The molecular formula is C62H120O17P2. The standard InChI is InChI=1S/C62H120O17P2/c1-9-55(8)41-33-25-19-21-27-35-43-60(65)73-49-57(78-61(66)44-36-28-17-13-15-23-31-39-53(4)5)50-76-80(68,69)74-46-56(63)47-75-81(70,71)77-51-58(79-62(67)45-37-29-20-18-24-32-40-54(6)7)48-72-59(64)42-34-26-16-12-10-11-14-22-30-38-52(2)3/h52-58,63H,9-51H2,1-8H3,(H,68,69)(H,70,71)/t55?,56-,57+,58+/m0/s1. The van der Waals surface area contributed by atoms with E-state index in [4.69, 9.17) is 37.0 Å². The van der Waals surface area contributed by atoms with Crippen LogP contribution in [0.4, 0.5) is 0 Å². The van der Waals surface area contributed by atoms with Crippen molar-refractivity contribution in [1.29, 1.82) is 0 Å². The summed E-state index contributed by atoms with van der Waals surface area (Å²) in [5.74, 6) is 0.692. The molecule has 19 heteroatoms. The number of esters is 4. The summed E-state index contributed by atoms with van der Waals surface area (Å²) in [6.07, 6.45) is 31.0. The van der Waals surface area contributed by atoms with E-state index in [9.17, 15) is 43.2 Å². The summed E-state index contributed by atoms with van der Waals surface area (Å²) in [5.41, 5.74) is 0. The zero-order valence-corrected chi connectivity index (χ0v) is 54.2. The Bertz CT molecular complexity index is 1630. The first kappa shape index (κ1) is 79.1. The number of rotatable bonds is 59. The molecule has 81 heavy (non-hydrogen) atoms. The highest BCUT2D eigenvalue weighted by atomic mass is 31.2. The lowest BCUT2D eigenvalue weighted by molar-refractivity contribution is -0.161. The molecular weight excluding hydrogens is 1080 g/mol. The highest BCUT2D eigenvalue weighted by molar-refractivity contribution is 7.47. The quantitative estimate of drug-likeness (QED) is 0.0222. The smallest absolute Gasteiger partial charge is 0.462 e. The second-order valence-electron chi connectivity index (χ2n) is 24.1. The van der Waals surface area contributed by atoms with Crippen LogP contribution >= 0.6 is 15.6 Å². The minimum atomic E-state index is -4.94. The summed E-state index contributed by atoms with van der Waals surface area (Å²) < 4.78 is 67.8. The number of ether oxygens (including phenoxy) is 4. The van der Waals surface area contributed by atoms with Gasteiger partial charge in [0.25, 0.3) is 0 Å². The Labute approximate surface area is 492 Å². The van der Waals surface area contributed by atoms with Gasteiger partial charge in [0.2, 0.25) is 0 Å². The molecule has 0 saturated carbocycles. The maximum Gasteiger partial charge on any atom is 0.472 e. The number of carbonyl (C=O) groups is 4. The van der Waals surface area contributed by atoms with E-state index in [2.05, 4.69) is 55.4 Å². The normalized spacial score (nSPS) is 14.8. The molecule has 0 fully saturated rings. The molecule has 0 saturated heterocycles. The lowest BCUT2D eigenvalue weighted by atomic mass is 10.00. The number of unbranched alkanes of at least 4 members (excludes halogenated alkanes) is 24. The molecule has 0 aromatic heterocycles. The molecule has 0 aliphatic carbocycles. The van der Waals surface area contributed by atoms with Crippen molar-refractivity contribution in [3.63, 3.8) is 0 Å². The first-order valence-electron chi connectivity index (χ1n) is 32.2. The maximum atomic E-state index is 12.9. The molecule has 0 bridgehead atoms. The number of carbonyl (C=O) groups excluding carboxylic acids is 4. The summed E-state index contributed by atoms with van der Waals surface area (Å²) in [6.45, 7) is 13.9. The molecule has 0 rings (SSSR count). The summed E-state index contributed by atoms with van der Waals surface area (Å²) in [6, 6.07) is 0. The number of hydrogen-bond donors (Lipinski definition) is 3. The molecule has 0 aromatic rings. The van der Waals surface area contributed by atoms with Crippen molar-refractivity contribution in [2.24, 2.45) is 23.7 Å². The van der Waals surface area contributed by atoms with Crippen molar-refractivity contribution in [3.8, 4) is 0 Å². The zero-order valence-electron chi connectivity index (χ0n) is 52.4. The van der Waals surface area contributed by atoms with Gasteiger partial charge >= 0.3 is 39.5 Å². The van der Waals surface area contributed by atoms with Gasteiger partial charge in [-0.15, -0.1) is 0 Å². The molecule has 0 spiro atoms. The fourth-order valence-corrected chi connectivity index (χ4v) is 10.6. The number of phosphoric acid groups is 2. The van der Waals surface area contributed by atoms with Crippen LogP contribution in [0, 0.1) is 23.7 Å². The Balaban J connectivity index is 5.24. The summed E-state index contributed by atoms with van der Waals surface area (Å²) in [4.78, 5) is 72.1. The van der Waals surface area contributed by atoms with Gasteiger partial charge in [-0.2, -0.15) is 0 Å². The van der Waals surface area contributed by atoms with Gasteiger partial charge < -0.3 is 33.8 Å². The predicted octanol–water partition coefficient (Wildman–Crippen LogP) is 16.6. The van der Waals surface area contributed by atoms with Gasteiger partial charge in [0, 0.05) is 25.7 Å². The molecule has 17 nitrogen and oxygen atoms in total. The molecule has 0 amide bonds. The van der Waals surface area contributed by atoms with Crippen LogP contribution in [0.3, 0.4) is 0 Å². The van der Waals surface area contributed by atoms with Crippen molar-refractivity contribution in [3.05, 3.63) is 0 Å². The van der Waals surface area contributed by atoms with E-state index in [0.29, 0.717) is 37.5 Å². The molecule has 0 aromatic carbocycles. The highest BCUT2D eigenvalue weighted by Crippen LogP contribution is 2.45. The van der Waals surface area contributed by atoms with Crippen LogP contribution in [0.15, 0.2) is 0 Å². The van der Waals surface area contributed by atoms with E-state index >= 15 is 0 Å². The van der Waals surface area contributed by atoms with Gasteiger partial charge in [-0.25, -0.2) is 9.13 Å². The Hall–Kier alpha value is -1.94. The van der Waals surface area contributed by atoms with Crippen molar-refractivity contribution >= 4 is 39.5 Å². The molecule has 6 atom stereocenters. The molecule has 0 aliphatic heterocycles. The van der Waals surface area contributed by atoms with E-state index in [1.54, 1.807) is 0 Å². The first-order chi connectivity index (χ1) is 38.6. The molecule has 3 unspecified atom stereocenters. The largest absolute Gasteiger partial charge is 0.472 e. The monoisotopic (exact) mass is 1200 g/mol. The topological polar surface area (TPSA) is 237 Å². The van der Waals surface area contributed by atoms with Gasteiger partial charge in [-0.1, -0.05) is 242 Å². The lowest BCUT2D eigenvalue weighted by Crippen LogP contribution is -2.30.